The highest BCUT2D eigenvalue weighted by molar-refractivity contribution is 7.15. The number of hydrogen-bond donors (Lipinski definition) is 1. The number of ether oxygens (including phenoxy) is 2. The minimum absolute atomic E-state index is 0.0337. The van der Waals surface area contributed by atoms with Gasteiger partial charge in [-0.15, -0.1) is 10.2 Å². The number of nitrogens with one attached hydrogen (secondary N) is 1. The van der Waals surface area contributed by atoms with E-state index >= 15 is 0 Å². The number of anilines is 1. The number of carbonyl (C=O) groups is 1. The van der Waals surface area contributed by atoms with Gasteiger partial charge in [0.1, 0.15) is 41.4 Å². The van der Waals surface area contributed by atoms with Crippen LogP contribution in [-0.4, -0.2) is 29.3 Å². The topological polar surface area (TPSA) is 97.1 Å². The monoisotopic (exact) mass is 448 g/mol. The average molecular weight is 449 g/mol. The van der Waals surface area contributed by atoms with Gasteiger partial charge in [-0.25, -0.2) is 0 Å². The molecule has 32 heavy (non-hydrogen) atoms. The number of hydrogen-bond acceptors (Lipinski definition) is 7. The average Bonchev–Trinajstić information content (AvgIpc) is 3.25. The first-order valence-electron chi connectivity index (χ1n) is 10.2. The van der Waals surface area contributed by atoms with Crippen LogP contribution in [0.5, 0.6) is 11.5 Å². The van der Waals surface area contributed by atoms with Gasteiger partial charge in [0.25, 0.3) is 5.91 Å². The van der Waals surface area contributed by atoms with Gasteiger partial charge in [-0.2, -0.15) is 5.26 Å². The fourth-order valence-corrected chi connectivity index (χ4v) is 3.47. The molecule has 3 aromatic rings. The Bertz CT molecular complexity index is 1160. The lowest BCUT2D eigenvalue weighted by Gasteiger charge is -2.11. The van der Waals surface area contributed by atoms with Crippen LogP contribution in [0.25, 0.3) is 6.08 Å². The van der Waals surface area contributed by atoms with Gasteiger partial charge in [-0.05, 0) is 61.2 Å². The molecule has 0 saturated heterocycles. The Kier molecular flexibility index (Phi) is 7.95. The van der Waals surface area contributed by atoms with Crippen LogP contribution in [-0.2, 0) is 11.2 Å². The van der Waals surface area contributed by atoms with E-state index in [2.05, 4.69) is 15.5 Å². The second kappa shape index (κ2) is 11.1. The third-order valence-corrected chi connectivity index (χ3v) is 5.46. The van der Waals surface area contributed by atoms with Crippen LogP contribution in [0, 0.1) is 25.2 Å². The number of aromatic nitrogens is 2. The first kappa shape index (κ1) is 23.0. The van der Waals surface area contributed by atoms with E-state index < -0.39 is 5.91 Å². The SMILES string of the molecule is CCc1nnc(NC(=O)/C(C#N)=C\c2cccc(OCCOc3cc(C)ccc3C)c2)s1. The summed E-state index contributed by atoms with van der Waals surface area (Å²) in [7, 11) is 0. The zero-order chi connectivity index (χ0) is 22.9. The summed E-state index contributed by atoms with van der Waals surface area (Å²) in [5.74, 6) is 0.939. The summed E-state index contributed by atoms with van der Waals surface area (Å²) in [5.41, 5.74) is 2.86. The highest BCUT2D eigenvalue weighted by Crippen LogP contribution is 2.20. The van der Waals surface area contributed by atoms with Crippen molar-refractivity contribution in [1.82, 2.24) is 10.2 Å². The minimum Gasteiger partial charge on any atom is -0.490 e. The molecule has 2 aromatic carbocycles. The summed E-state index contributed by atoms with van der Waals surface area (Å²) in [6, 6.07) is 15.2. The Hall–Kier alpha value is -3.70. The standard InChI is InChI=1S/C24H24N4O3S/c1-4-22-27-28-24(32-22)26-23(29)19(15-25)13-18-6-5-7-20(14-18)30-10-11-31-21-12-16(2)8-9-17(21)3/h5-9,12-14H,4,10-11H2,1-3H3,(H,26,28,29)/b19-13-. The smallest absolute Gasteiger partial charge is 0.268 e. The number of aryl methyl sites for hydroxylation is 3. The zero-order valence-corrected chi connectivity index (χ0v) is 19.0. The second-order valence-corrected chi connectivity index (χ2v) is 8.08. The van der Waals surface area contributed by atoms with Gasteiger partial charge in [0, 0.05) is 0 Å². The van der Waals surface area contributed by atoms with Crippen LogP contribution in [0.1, 0.15) is 28.6 Å². The molecule has 1 heterocycles. The third kappa shape index (κ3) is 6.40. The number of benzene rings is 2. The van der Waals surface area contributed by atoms with Gasteiger partial charge in [-0.1, -0.05) is 42.5 Å². The number of nitrogens with zero attached hydrogens (tertiary/aromatic N) is 3. The maximum Gasteiger partial charge on any atom is 0.268 e. The van der Waals surface area contributed by atoms with Crippen molar-refractivity contribution < 1.29 is 14.3 Å². The van der Waals surface area contributed by atoms with Crippen LogP contribution in [0.2, 0.25) is 0 Å². The normalized spacial score (nSPS) is 11.0. The molecule has 7 nitrogen and oxygen atoms in total. The van der Waals surface area contributed by atoms with Crippen molar-refractivity contribution >= 4 is 28.5 Å². The van der Waals surface area contributed by atoms with E-state index in [4.69, 9.17) is 9.47 Å². The van der Waals surface area contributed by atoms with E-state index in [1.165, 1.54) is 17.4 Å². The molecule has 0 fully saturated rings. The van der Waals surface area contributed by atoms with E-state index in [0.29, 0.717) is 29.7 Å². The van der Waals surface area contributed by atoms with Gasteiger partial charge in [-0.3, -0.25) is 10.1 Å². The second-order valence-electron chi connectivity index (χ2n) is 7.02. The molecule has 8 heteroatoms. The van der Waals surface area contributed by atoms with E-state index in [9.17, 15) is 10.1 Å². The van der Waals surface area contributed by atoms with Crippen molar-refractivity contribution in [1.29, 1.82) is 5.26 Å². The summed E-state index contributed by atoms with van der Waals surface area (Å²) in [6.07, 6.45) is 2.24. The van der Waals surface area contributed by atoms with Crippen LogP contribution in [0.3, 0.4) is 0 Å². The largest absolute Gasteiger partial charge is 0.490 e. The first-order chi connectivity index (χ1) is 15.5. The van der Waals surface area contributed by atoms with Crippen LogP contribution in [0.15, 0.2) is 48.0 Å². The Balaban J connectivity index is 1.58. The minimum atomic E-state index is -0.528. The summed E-state index contributed by atoms with van der Waals surface area (Å²) >= 11 is 1.29. The fraction of sp³-hybridized carbons (Fsp3) is 0.250. The molecule has 1 N–H and O–H groups in total. The lowest BCUT2D eigenvalue weighted by Crippen LogP contribution is -2.13. The molecule has 3 rings (SSSR count). The maximum atomic E-state index is 12.4. The molecule has 0 aliphatic rings. The predicted octanol–water partition coefficient (Wildman–Crippen LogP) is 4.72. The van der Waals surface area contributed by atoms with Crippen molar-refractivity contribution in [3.05, 3.63) is 69.7 Å². The molecular weight excluding hydrogens is 424 g/mol. The summed E-state index contributed by atoms with van der Waals surface area (Å²) < 4.78 is 11.6. The van der Waals surface area contributed by atoms with Crippen molar-refractivity contribution in [2.75, 3.05) is 18.5 Å². The fourth-order valence-electron chi connectivity index (χ4n) is 2.79. The molecule has 0 radical (unpaired) electrons. The van der Waals surface area contributed by atoms with Gasteiger partial charge in [0.15, 0.2) is 0 Å². The van der Waals surface area contributed by atoms with Gasteiger partial charge in [0.2, 0.25) is 5.13 Å². The Morgan fingerprint density at radius 3 is 2.72 bits per heavy atom. The quantitative estimate of drug-likeness (QED) is 0.289. The van der Waals surface area contributed by atoms with Crippen molar-refractivity contribution in [2.45, 2.75) is 27.2 Å². The first-order valence-corrected chi connectivity index (χ1v) is 11.0. The highest BCUT2D eigenvalue weighted by atomic mass is 32.1. The molecule has 0 spiro atoms. The van der Waals surface area contributed by atoms with Crippen LogP contribution < -0.4 is 14.8 Å². The number of carbonyl (C=O) groups excluding carboxylic acids is 1. The Morgan fingerprint density at radius 1 is 1.16 bits per heavy atom. The van der Waals surface area contributed by atoms with Gasteiger partial charge in [0.05, 0.1) is 0 Å². The number of amides is 1. The highest BCUT2D eigenvalue weighted by Gasteiger charge is 2.12. The molecule has 0 aliphatic carbocycles. The molecule has 0 aliphatic heterocycles. The maximum absolute atomic E-state index is 12.4. The molecule has 0 unspecified atom stereocenters. The van der Waals surface area contributed by atoms with Crippen molar-refractivity contribution in [3.8, 4) is 17.6 Å². The lowest BCUT2D eigenvalue weighted by atomic mass is 10.1. The zero-order valence-electron chi connectivity index (χ0n) is 18.2. The molecule has 0 bridgehead atoms. The number of nitriles is 1. The van der Waals surface area contributed by atoms with E-state index in [-0.39, 0.29) is 5.57 Å². The summed E-state index contributed by atoms with van der Waals surface area (Å²) in [5, 5.41) is 21.1. The molecular formula is C24H24N4O3S. The Labute approximate surface area is 191 Å². The van der Waals surface area contributed by atoms with Crippen molar-refractivity contribution in [3.63, 3.8) is 0 Å². The molecule has 1 aromatic heterocycles. The summed E-state index contributed by atoms with van der Waals surface area (Å²) in [6.45, 7) is 6.74. The molecule has 164 valence electrons. The molecule has 0 saturated carbocycles. The third-order valence-electron chi connectivity index (χ3n) is 4.48. The molecule has 0 atom stereocenters. The van der Waals surface area contributed by atoms with Crippen LogP contribution in [0.4, 0.5) is 5.13 Å². The predicted molar refractivity (Wildman–Crippen MR) is 125 cm³/mol. The van der Waals surface area contributed by atoms with E-state index in [1.807, 2.05) is 51.1 Å². The van der Waals surface area contributed by atoms with Crippen molar-refractivity contribution in [2.24, 2.45) is 0 Å². The lowest BCUT2D eigenvalue weighted by molar-refractivity contribution is -0.112. The molecule has 1 amide bonds. The van der Waals surface area contributed by atoms with Gasteiger partial charge < -0.3 is 9.47 Å². The van der Waals surface area contributed by atoms with Crippen LogP contribution >= 0.6 is 11.3 Å². The van der Waals surface area contributed by atoms with Gasteiger partial charge >= 0.3 is 0 Å². The van der Waals surface area contributed by atoms with E-state index in [1.54, 1.807) is 18.2 Å². The summed E-state index contributed by atoms with van der Waals surface area (Å²) in [4.78, 5) is 12.4. The number of rotatable bonds is 9. The Morgan fingerprint density at radius 2 is 1.97 bits per heavy atom. The van der Waals surface area contributed by atoms with E-state index in [0.717, 1.165) is 28.3 Å².